The number of hydrogen-bond donors (Lipinski definition) is 0. The fraction of sp³-hybridized carbons (Fsp3) is 0.667. The number of rotatable bonds is 4. The summed E-state index contributed by atoms with van der Waals surface area (Å²) in [6.45, 7) is 3.96. The summed E-state index contributed by atoms with van der Waals surface area (Å²) in [4.78, 5) is 15.0. The number of carbonyl (C=O) groups excluding carboxylic acids is 1. The average Bonchev–Trinajstić information content (AvgIpc) is 3.46. The van der Waals surface area contributed by atoms with Crippen LogP contribution in [-0.2, 0) is 14.3 Å². The minimum atomic E-state index is -0.428. The van der Waals surface area contributed by atoms with E-state index in [4.69, 9.17) is 18.9 Å². The molecule has 1 spiro atoms. The molecule has 1 saturated carbocycles. The summed E-state index contributed by atoms with van der Waals surface area (Å²) in [5.74, 6) is 2.31. The third-order valence-corrected chi connectivity index (χ3v) is 6.27. The molecule has 5 rings (SSSR count). The standard InChI is InChI=1S/C21H27NO5/c23-20(22-7-5-21(6-8-22)26-11-12-27-21)14-17(15-1-2-15)16-3-4-18-19(13-16)25-10-9-24-18/h3-4,13,15,17H,1-2,5-12,14H2. The van der Waals surface area contributed by atoms with Crippen molar-refractivity contribution in [3.05, 3.63) is 23.8 Å². The lowest BCUT2D eigenvalue weighted by Gasteiger charge is -2.38. The summed E-state index contributed by atoms with van der Waals surface area (Å²) in [5.41, 5.74) is 1.20. The molecule has 1 aromatic rings. The second kappa shape index (κ2) is 6.99. The third kappa shape index (κ3) is 3.52. The van der Waals surface area contributed by atoms with Crippen LogP contribution < -0.4 is 9.47 Å². The van der Waals surface area contributed by atoms with Crippen LogP contribution in [0, 0.1) is 5.92 Å². The highest BCUT2D eigenvalue weighted by atomic mass is 16.7. The molecule has 2 saturated heterocycles. The highest BCUT2D eigenvalue weighted by Gasteiger charge is 2.42. The van der Waals surface area contributed by atoms with E-state index in [1.807, 2.05) is 11.0 Å². The molecule has 6 nitrogen and oxygen atoms in total. The molecule has 6 heteroatoms. The van der Waals surface area contributed by atoms with Gasteiger partial charge in [0.2, 0.25) is 5.91 Å². The maximum atomic E-state index is 13.0. The molecule has 1 aliphatic carbocycles. The summed E-state index contributed by atoms with van der Waals surface area (Å²) in [7, 11) is 0. The Morgan fingerprint density at radius 2 is 1.74 bits per heavy atom. The highest BCUT2D eigenvalue weighted by molar-refractivity contribution is 5.77. The van der Waals surface area contributed by atoms with Gasteiger partial charge in [0, 0.05) is 32.4 Å². The molecule has 4 aliphatic rings. The number of hydrogen-bond acceptors (Lipinski definition) is 5. The zero-order valence-corrected chi connectivity index (χ0v) is 15.7. The van der Waals surface area contributed by atoms with Gasteiger partial charge in [-0.1, -0.05) is 6.07 Å². The van der Waals surface area contributed by atoms with E-state index >= 15 is 0 Å². The average molecular weight is 373 g/mol. The van der Waals surface area contributed by atoms with Crippen molar-refractivity contribution in [1.29, 1.82) is 0 Å². The maximum absolute atomic E-state index is 13.0. The van der Waals surface area contributed by atoms with Gasteiger partial charge in [0.1, 0.15) is 13.2 Å². The van der Waals surface area contributed by atoms with Crippen molar-refractivity contribution in [3.8, 4) is 11.5 Å². The second-order valence-corrected chi connectivity index (χ2v) is 8.04. The molecule has 3 heterocycles. The van der Waals surface area contributed by atoms with Crippen LogP contribution in [0.25, 0.3) is 0 Å². The number of nitrogens with zero attached hydrogens (tertiary/aromatic N) is 1. The fourth-order valence-electron chi connectivity index (χ4n) is 4.55. The van der Waals surface area contributed by atoms with Gasteiger partial charge in [-0.3, -0.25) is 4.79 Å². The Labute approximate surface area is 159 Å². The van der Waals surface area contributed by atoms with Crippen LogP contribution in [0.5, 0.6) is 11.5 Å². The third-order valence-electron chi connectivity index (χ3n) is 6.27. The summed E-state index contributed by atoms with van der Waals surface area (Å²) in [6, 6.07) is 6.18. The first-order valence-corrected chi connectivity index (χ1v) is 10.2. The molecule has 146 valence electrons. The van der Waals surface area contributed by atoms with Crippen molar-refractivity contribution in [3.63, 3.8) is 0 Å². The van der Waals surface area contributed by atoms with Crippen LogP contribution in [0.2, 0.25) is 0 Å². The SMILES string of the molecule is O=C(CC(c1ccc2c(c1)OCCO2)C1CC1)N1CCC2(CC1)OCCO2. The lowest BCUT2D eigenvalue weighted by molar-refractivity contribution is -0.187. The molecule has 3 fully saturated rings. The van der Waals surface area contributed by atoms with Crippen molar-refractivity contribution in [1.82, 2.24) is 4.90 Å². The van der Waals surface area contributed by atoms with Gasteiger partial charge in [0.15, 0.2) is 17.3 Å². The number of fused-ring (bicyclic) bond motifs is 1. The summed E-state index contributed by atoms with van der Waals surface area (Å²) in [6.07, 6.45) is 4.53. The van der Waals surface area contributed by atoms with E-state index in [1.54, 1.807) is 0 Å². The van der Waals surface area contributed by atoms with Gasteiger partial charge in [-0.05, 0) is 42.4 Å². The molecule has 1 amide bonds. The van der Waals surface area contributed by atoms with Crippen molar-refractivity contribution in [2.24, 2.45) is 5.92 Å². The first-order chi connectivity index (χ1) is 13.2. The van der Waals surface area contributed by atoms with Crippen molar-refractivity contribution in [2.75, 3.05) is 39.5 Å². The maximum Gasteiger partial charge on any atom is 0.223 e. The van der Waals surface area contributed by atoms with E-state index in [0.717, 1.165) is 37.4 Å². The zero-order valence-electron chi connectivity index (χ0n) is 15.7. The molecule has 3 aliphatic heterocycles. The second-order valence-electron chi connectivity index (χ2n) is 8.04. The lowest BCUT2D eigenvalue weighted by atomic mass is 9.89. The smallest absolute Gasteiger partial charge is 0.223 e. The van der Waals surface area contributed by atoms with Gasteiger partial charge < -0.3 is 23.8 Å². The summed E-state index contributed by atoms with van der Waals surface area (Å²) < 4.78 is 22.9. The zero-order chi connectivity index (χ0) is 18.3. The van der Waals surface area contributed by atoms with E-state index < -0.39 is 5.79 Å². The molecular weight excluding hydrogens is 346 g/mol. The van der Waals surface area contributed by atoms with Gasteiger partial charge >= 0.3 is 0 Å². The number of likely N-dealkylation sites (tertiary alicyclic amines) is 1. The summed E-state index contributed by atoms with van der Waals surface area (Å²) >= 11 is 0. The van der Waals surface area contributed by atoms with Gasteiger partial charge in [-0.15, -0.1) is 0 Å². The lowest BCUT2D eigenvalue weighted by Crippen LogP contribution is -2.47. The van der Waals surface area contributed by atoms with E-state index in [0.29, 0.717) is 38.8 Å². The van der Waals surface area contributed by atoms with Crippen LogP contribution in [0.15, 0.2) is 18.2 Å². The van der Waals surface area contributed by atoms with E-state index in [1.165, 1.54) is 18.4 Å². The molecule has 0 radical (unpaired) electrons. The Morgan fingerprint density at radius 3 is 2.44 bits per heavy atom. The topological polar surface area (TPSA) is 57.2 Å². The Morgan fingerprint density at radius 1 is 1.04 bits per heavy atom. The van der Waals surface area contributed by atoms with Crippen LogP contribution >= 0.6 is 0 Å². The van der Waals surface area contributed by atoms with E-state index in [2.05, 4.69) is 12.1 Å². The van der Waals surface area contributed by atoms with Crippen LogP contribution in [-0.4, -0.2) is 56.1 Å². The predicted molar refractivity (Wildman–Crippen MR) is 98.0 cm³/mol. The number of carbonyl (C=O) groups is 1. The van der Waals surface area contributed by atoms with Gasteiger partial charge in [0.25, 0.3) is 0 Å². The predicted octanol–water partition coefficient (Wildman–Crippen LogP) is 2.71. The fourth-order valence-corrected chi connectivity index (χ4v) is 4.55. The first-order valence-electron chi connectivity index (χ1n) is 10.2. The van der Waals surface area contributed by atoms with Crippen LogP contribution in [0.1, 0.15) is 43.6 Å². The first kappa shape index (κ1) is 17.3. The largest absolute Gasteiger partial charge is 0.486 e. The van der Waals surface area contributed by atoms with Crippen LogP contribution in [0.3, 0.4) is 0 Å². The van der Waals surface area contributed by atoms with Gasteiger partial charge in [-0.25, -0.2) is 0 Å². The van der Waals surface area contributed by atoms with E-state index in [-0.39, 0.29) is 11.8 Å². The van der Waals surface area contributed by atoms with Crippen LogP contribution in [0.4, 0.5) is 0 Å². The molecule has 1 aromatic carbocycles. The Balaban J connectivity index is 1.26. The number of piperidine rings is 1. The Kier molecular flexibility index (Phi) is 4.48. The monoisotopic (exact) mass is 373 g/mol. The molecule has 0 N–H and O–H groups in total. The minimum Gasteiger partial charge on any atom is -0.486 e. The number of amides is 1. The normalized spacial score (nSPS) is 24.8. The summed E-state index contributed by atoms with van der Waals surface area (Å²) in [5, 5.41) is 0. The molecule has 27 heavy (non-hydrogen) atoms. The quantitative estimate of drug-likeness (QED) is 0.812. The van der Waals surface area contributed by atoms with Crippen molar-refractivity contribution >= 4 is 5.91 Å². The van der Waals surface area contributed by atoms with Gasteiger partial charge in [-0.2, -0.15) is 0 Å². The molecule has 0 bridgehead atoms. The Bertz CT molecular complexity index is 701. The van der Waals surface area contributed by atoms with Gasteiger partial charge in [0.05, 0.1) is 13.2 Å². The van der Waals surface area contributed by atoms with Crippen molar-refractivity contribution < 1.29 is 23.7 Å². The molecule has 1 unspecified atom stereocenters. The molecular formula is C21H27NO5. The highest BCUT2D eigenvalue weighted by Crippen LogP contribution is 2.46. The molecule has 1 atom stereocenters. The van der Waals surface area contributed by atoms with E-state index in [9.17, 15) is 4.79 Å². The van der Waals surface area contributed by atoms with Crippen molar-refractivity contribution in [2.45, 2.75) is 43.8 Å². The molecule has 0 aromatic heterocycles. The minimum absolute atomic E-state index is 0.245. The number of ether oxygens (including phenoxy) is 4. The number of benzene rings is 1. The Hall–Kier alpha value is -1.79.